The number of fused-ring (bicyclic) bond motifs is 4. The number of rotatable bonds is 5. The number of nitrogens with one attached hydrogen (secondary N) is 1. The van der Waals surface area contributed by atoms with Crippen molar-refractivity contribution in [1.29, 1.82) is 0 Å². The second-order valence-electron chi connectivity index (χ2n) is 7.08. The number of amides is 1. The topological polar surface area (TPSA) is 85.2 Å². The fraction of sp³-hybridized carbons (Fsp3) is 0.333. The van der Waals surface area contributed by atoms with Gasteiger partial charge < -0.3 is 20.4 Å². The van der Waals surface area contributed by atoms with E-state index in [-0.39, 0.29) is 31.1 Å². The van der Waals surface area contributed by atoms with Crippen molar-refractivity contribution in [2.24, 2.45) is 10.9 Å². The van der Waals surface area contributed by atoms with Crippen molar-refractivity contribution in [3.05, 3.63) is 59.7 Å². The maximum atomic E-state index is 12.6. The number of allylic oxidation sites excluding steroid dienone is 4. The number of hydrogen-bond acceptors (Lipinski definition) is 5. The summed E-state index contributed by atoms with van der Waals surface area (Å²) in [7, 11) is 0. The molecule has 3 aliphatic rings. The molecule has 4 atom stereocenters. The number of aliphatic imine (C=N–C) groups is 1. The van der Waals surface area contributed by atoms with Crippen LogP contribution in [0.25, 0.3) is 6.08 Å². The van der Waals surface area contributed by atoms with Gasteiger partial charge in [0.2, 0.25) is 5.91 Å². The Morgan fingerprint density at radius 1 is 1.33 bits per heavy atom. The standard InChI is InChI=1S/C21H23N3O3/c1-13(26)18(12-25)22-20(27)11-24-19-9-5-2-6-14(19)10-16-15-7-3-4-8-17(15)23-21(16)24/h2-10,13,15,18,21,25-26H,11-12H2,1H3,(H,22,27)/t13-,15?,18+,21?/m1/s1. The van der Waals surface area contributed by atoms with Gasteiger partial charge in [0.1, 0.15) is 6.17 Å². The molecule has 1 amide bonds. The number of aliphatic hydroxyl groups is 2. The molecular formula is C21H23N3O3. The first-order chi connectivity index (χ1) is 13.1. The lowest BCUT2D eigenvalue weighted by Crippen LogP contribution is -2.50. The molecule has 0 radical (unpaired) electrons. The van der Waals surface area contributed by atoms with Crippen molar-refractivity contribution < 1.29 is 15.0 Å². The van der Waals surface area contributed by atoms with Crippen LogP contribution >= 0.6 is 0 Å². The molecule has 6 heteroatoms. The van der Waals surface area contributed by atoms with Crippen molar-refractivity contribution in [2.75, 3.05) is 18.1 Å². The highest BCUT2D eigenvalue weighted by atomic mass is 16.3. The van der Waals surface area contributed by atoms with Gasteiger partial charge in [-0.25, -0.2) is 0 Å². The van der Waals surface area contributed by atoms with E-state index in [9.17, 15) is 15.0 Å². The summed E-state index contributed by atoms with van der Waals surface area (Å²) in [6.07, 6.45) is 9.27. The van der Waals surface area contributed by atoms with Crippen molar-refractivity contribution in [3.63, 3.8) is 0 Å². The molecule has 3 N–H and O–H groups in total. The molecule has 140 valence electrons. The molecule has 2 aliphatic heterocycles. The van der Waals surface area contributed by atoms with E-state index in [1.165, 1.54) is 0 Å². The van der Waals surface area contributed by atoms with E-state index in [1.54, 1.807) is 6.92 Å². The lowest BCUT2D eigenvalue weighted by Gasteiger charge is -2.35. The van der Waals surface area contributed by atoms with Crippen LogP contribution in [0, 0.1) is 5.92 Å². The molecule has 2 heterocycles. The lowest BCUT2D eigenvalue weighted by atomic mass is 9.88. The van der Waals surface area contributed by atoms with Crippen molar-refractivity contribution >= 4 is 23.4 Å². The highest BCUT2D eigenvalue weighted by molar-refractivity contribution is 6.05. The smallest absolute Gasteiger partial charge is 0.240 e. The van der Waals surface area contributed by atoms with Gasteiger partial charge in [-0.1, -0.05) is 36.4 Å². The molecule has 1 aromatic rings. The van der Waals surface area contributed by atoms with E-state index >= 15 is 0 Å². The number of hydrogen-bond donors (Lipinski definition) is 3. The molecule has 0 saturated heterocycles. The molecule has 0 saturated carbocycles. The number of para-hydroxylation sites is 1. The zero-order valence-corrected chi connectivity index (χ0v) is 15.1. The Morgan fingerprint density at radius 3 is 2.93 bits per heavy atom. The summed E-state index contributed by atoms with van der Waals surface area (Å²) >= 11 is 0. The summed E-state index contributed by atoms with van der Waals surface area (Å²) < 4.78 is 0. The Kier molecular flexibility index (Phi) is 4.68. The van der Waals surface area contributed by atoms with E-state index < -0.39 is 12.1 Å². The zero-order valence-electron chi connectivity index (χ0n) is 15.1. The number of carbonyl (C=O) groups excluding carboxylic acids is 1. The minimum atomic E-state index is -0.826. The van der Waals surface area contributed by atoms with Crippen molar-refractivity contribution in [1.82, 2.24) is 5.32 Å². The molecule has 4 rings (SSSR count). The average Bonchev–Trinajstić information content (AvgIpc) is 3.04. The van der Waals surface area contributed by atoms with E-state index in [0.717, 1.165) is 22.5 Å². The average molecular weight is 365 g/mol. The molecule has 0 spiro atoms. The Balaban J connectivity index is 1.64. The van der Waals surface area contributed by atoms with Crippen LogP contribution in [-0.4, -0.2) is 53.3 Å². The van der Waals surface area contributed by atoms with Gasteiger partial charge in [-0.15, -0.1) is 0 Å². The molecule has 0 bridgehead atoms. The quantitative estimate of drug-likeness (QED) is 0.734. The summed E-state index contributed by atoms with van der Waals surface area (Å²) in [5.74, 6) is -0.117. The lowest BCUT2D eigenvalue weighted by molar-refractivity contribution is -0.121. The third-order valence-corrected chi connectivity index (χ3v) is 5.23. The maximum Gasteiger partial charge on any atom is 0.240 e. The Bertz CT molecular complexity index is 869. The molecule has 0 fully saturated rings. The summed E-state index contributed by atoms with van der Waals surface area (Å²) in [4.78, 5) is 19.5. The molecule has 1 aliphatic carbocycles. The Morgan fingerprint density at radius 2 is 2.15 bits per heavy atom. The van der Waals surface area contributed by atoms with E-state index in [4.69, 9.17) is 4.99 Å². The van der Waals surface area contributed by atoms with Crippen LogP contribution in [0.4, 0.5) is 5.69 Å². The molecular weight excluding hydrogens is 342 g/mol. The Hall–Kier alpha value is -2.70. The fourth-order valence-corrected chi connectivity index (χ4v) is 3.81. The highest BCUT2D eigenvalue weighted by Crippen LogP contribution is 2.41. The van der Waals surface area contributed by atoms with Gasteiger partial charge in [-0.3, -0.25) is 9.79 Å². The van der Waals surface area contributed by atoms with Crippen LogP contribution < -0.4 is 10.2 Å². The monoisotopic (exact) mass is 365 g/mol. The third-order valence-electron chi connectivity index (χ3n) is 5.23. The van der Waals surface area contributed by atoms with Gasteiger partial charge in [0, 0.05) is 17.3 Å². The molecule has 27 heavy (non-hydrogen) atoms. The van der Waals surface area contributed by atoms with Crippen LogP contribution in [0.2, 0.25) is 0 Å². The summed E-state index contributed by atoms with van der Waals surface area (Å²) in [5, 5.41) is 21.8. The van der Waals surface area contributed by atoms with Crippen LogP contribution in [0.1, 0.15) is 12.5 Å². The van der Waals surface area contributed by atoms with Gasteiger partial charge in [0.25, 0.3) is 0 Å². The summed E-state index contributed by atoms with van der Waals surface area (Å²) in [6, 6.07) is 7.27. The van der Waals surface area contributed by atoms with Crippen LogP contribution in [-0.2, 0) is 4.79 Å². The zero-order chi connectivity index (χ0) is 19.0. The normalized spacial score (nSPS) is 24.3. The van der Waals surface area contributed by atoms with Gasteiger partial charge in [-0.05, 0) is 36.3 Å². The molecule has 1 aromatic carbocycles. The first kappa shape index (κ1) is 17.7. The largest absolute Gasteiger partial charge is 0.394 e. The SMILES string of the molecule is C[C@@H](O)[C@H](CO)NC(=O)CN1c2ccccc2C=C2C3C=CC=CC3=NC21. The first-order valence-corrected chi connectivity index (χ1v) is 9.16. The first-order valence-electron chi connectivity index (χ1n) is 9.16. The Labute approximate surface area is 158 Å². The number of nitrogens with zero attached hydrogens (tertiary/aromatic N) is 2. The van der Waals surface area contributed by atoms with Gasteiger partial charge in [0.15, 0.2) is 0 Å². The predicted octanol–water partition coefficient (Wildman–Crippen LogP) is 1.27. The third kappa shape index (κ3) is 3.22. The number of anilines is 1. The number of aliphatic hydroxyl groups excluding tert-OH is 2. The van der Waals surface area contributed by atoms with E-state index in [2.05, 4.69) is 17.5 Å². The minimum absolute atomic E-state index is 0.0964. The van der Waals surface area contributed by atoms with E-state index in [1.807, 2.05) is 47.4 Å². The number of benzene rings is 1. The van der Waals surface area contributed by atoms with Crippen LogP contribution in [0.3, 0.4) is 0 Å². The number of carbonyl (C=O) groups is 1. The summed E-state index contributed by atoms with van der Waals surface area (Å²) in [6.45, 7) is 1.33. The highest BCUT2D eigenvalue weighted by Gasteiger charge is 2.39. The molecule has 2 unspecified atom stereocenters. The van der Waals surface area contributed by atoms with Crippen LogP contribution in [0.5, 0.6) is 0 Å². The maximum absolute atomic E-state index is 12.6. The van der Waals surface area contributed by atoms with Crippen molar-refractivity contribution in [2.45, 2.75) is 25.2 Å². The second-order valence-corrected chi connectivity index (χ2v) is 7.08. The van der Waals surface area contributed by atoms with Gasteiger partial charge in [0.05, 0.1) is 25.3 Å². The fourth-order valence-electron chi connectivity index (χ4n) is 3.81. The minimum Gasteiger partial charge on any atom is -0.394 e. The molecule has 0 aromatic heterocycles. The van der Waals surface area contributed by atoms with E-state index in [0.29, 0.717) is 0 Å². The predicted molar refractivity (Wildman–Crippen MR) is 105 cm³/mol. The molecule has 6 nitrogen and oxygen atoms in total. The van der Waals surface area contributed by atoms with Gasteiger partial charge in [-0.2, -0.15) is 0 Å². The van der Waals surface area contributed by atoms with Gasteiger partial charge >= 0.3 is 0 Å². The van der Waals surface area contributed by atoms with Crippen LogP contribution in [0.15, 0.2) is 59.1 Å². The summed E-state index contributed by atoms with van der Waals surface area (Å²) in [5.41, 5.74) is 4.18. The second kappa shape index (κ2) is 7.13. The van der Waals surface area contributed by atoms with Crippen molar-refractivity contribution in [3.8, 4) is 0 Å².